The van der Waals surface area contributed by atoms with Crippen LogP contribution in [0.25, 0.3) is 0 Å². The quantitative estimate of drug-likeness (QED) is 0.453. The molecule has 0 radical (unpaired) electrons. The van der Waals surface area contributed by atoms with Gasteiger partial charge in [-0.3, -0.25) is 4.89 Å². The minimum absolute atomic E-state index is 0.258. The summed E-state index contributed by atoms with van der Waals surface area (Å²) in [6, 6.07) is 9.79. The van der Waals surface area contributed by atoms with Gasteiger partial charge in [-0.2, -0.15) is 4.89 Å². The van der Waals surface area contributed by atoms with Gasteiger partial charge in [0.25, 0.3) is 0 Å². The molecule has 0 aliphatic rings. The van der Waals surface area contributed by atoms with Crippen LogP contribution in [0.3, 0.4) is 0 Å². The van der Waals surface area contributed by atoms with Gasteiger partial charge < -0.3 is 0 Å². The van der Waals surface area contributed by atoms with E-state index in [-0.39, 0.29) is 5.97 Å². The summed E-state index contributed by atoms with van der Waals surface area (Å²) >= 11 is 0. The van der Waals surface area contributed by atoms with Crippen LogP contribution >= 0.6 is 0 Å². The standard InChI is InChI=1S/C19H30O3/c1-6-8-15-19(5,14-7-2)17(20)21-22-18(3,4)16-12-10-9-11-13-16/h9-13H,6-8,14-15H2,1-5H3. The molecule has 0 aliphatic carbocycles. The first kappa shape index (κ1) is 18.7. The van der Waals surface area contributed by atoms with Crippen LogP contribution < -0.4 is 0 Å². The molecular formula is C19H30O3. The first-order valence-corrected chi connectivity index (χ1v) is 8.31. The van der Waals surface area contributed by atoms with Gasteiger partial charge in [0.2, 0.25) is 0 Å². The molecule has 0 aromatic heterocycles. The highest BCUT2D eigenvalue weighted by molar-refractivity contribution is 5.75. The van der Waals surface area contributed by atoms with Crippen molar-refractivity contribution < 1.29 is 14.6 Å². The van der Waals surface area contributed by atoms with E-state index in [1.54, 1.807) is 0 Å². The van der Waals surface area contributed by atoms with E-state index in [1.807, 2.05) is 51.1 Å². The van der Waals surface area contributed by atoms with Crippen LogP contribution in [0, 0.1) is 5.41 Å². The number of hydrogen-bond donors (Lipinski definition) is 0. The normalized spacial score (nSPS) is 14.4. The lowest BCUT2D eigenvalue weighted by Gasteiger charge is -2.29. The average Bonchev–Trinajstić information content (AvgIpc) is 2.52. The molecular weight excluding hydrogens is 276 g/mol. The fraction of sp³-hybridized carbons (Fsp3) is 0.632. The molecule has 3 nitrogen and oxygen atoms in total. The molecule has 0 saturated carbocycles. The molecule has 0 aliphatic heterocycles. The van der Waals surface area contributed by atoms with Crippen LogP contribution in [-0.4, -0.2) is 5.97 Å². The number of rotatable bonds is 9. The zero-order chi connectivity index (χ0) is 16.6. The predicted molar refractivity (Wildman–Crippen MR) is 89.2 cm³/mol. The van der Waals surface area contributed by atoms with E-state index in [9.17, 15) is 4.79 Å². The number of unbranched alkanes of at least 4 members (excludes halogenated alkanes) is 1. The highest BCUT2D eigenvalue weighted by Gasteiger charge is 2.36. The van der Waals surface area contributed by atoms with Crippen LogP contribution in [0.15, 0.2) is 30.3 Å². The molecule has 1 atom stereocenters. The fourth-order valence-electron chi connectivity index (χ4n) is 2.58. The fourth-order valence-corrected chi connectivity index (χ4v) is 2.58. The molecule has 0 bridgehead atoms. The van der Waals surface area contributed by atoms with Gasteiger partial charge in [-0.05, 0) is 39.2 Å². The summed E-state index contributed by atoms with van der Waals surface area (Å²) in [6.45, 7) is 10.0. The van der Waals surface area contributed by atoms with E-state index in [2.05, 4.69) is 13.8 Å². The summed E-state index contributed by atoms with van der Waals surface area (Å²) in [5.41, 5.74) is -0.139. The summed E-state index contributed by atoms with van der Waals surface area (Å²) in [6.07, 6.45) is 4.71. The Balaban J connectivity index is 2.70. The van der Waals surface area contributed by atoms with Gasteiger partial charge in [0.1, 0.15) is 5.60 Å². The van der Waals surface area contributed by atoms with Crippen molar-refractivity contribution in [1.82, 2.24) is 0 Å². The Morgan fingerprint density at radius 2 is 1.64 bits per heavy atom. The highest BCUT2D eigenvalue weighted by atomic mass is 17.2. The SMILES string of the molecule is CCCCC(C)(CCC)C(=O)OOC(C)(C)c1ccccc1. The molecule has 0 N–H and O–H groups in total. The Morgan fingerprint density at radius 1 is 1.00 bits per heavy atom. The Morgan fingerprint density at radius 3 is 2.18 bits per heavy atom. The molecule has 124 valence electrons. The van der Waals surface area contributed by atoms with Crippen molar-refractivity contribution in [1.29, 1.82) is 0 Å². The smallest absolute Gasteiger partial charge is 0.297 e. The Bertz CT molecular complexity index is 453. The molecule has 1 rings (SSSR count). The molecule has 3 heteroatoms. The van der Waals surface area contributed by atoms with Gasteiger partial charge in [-0.15, -0.1) is 0 Å². The third-order valence-corrected chi connectivity index (χ3v) is 4.17. The predicted octanol–water partition coefficient (Wildman–Crippen LogP) is 5.39. The molecule has 1 unspecified atom stereocenters. The lowest BCUT2D eigenvalue weighted by Crippen LogP contribution is -2.33. The van der Waals surface area contributed by atoms with Crippen molar-refractivity contribution in [2.45, 2.75) is 72.3 Å². The Labute approximate surface area is 134 Å². The van der Waals surface area contributed by atoms with Gasteiger partial charge in [0, 0.05) is 0 Å². The summed E-state index contributed by atoms with van der Waals surface area (Å²) in [4.78, 5) is 23.2. The van der Waals surface area contributed by atoms with Crippen molar-refractivity contribution in [3.8, 4) is 0 Å². The second-order valence-corrected chi connectivity index (χ2v) is 6.74. The van der Waals surface area contributed by atoms with Crippen molar-refractivity contribution in [2.24, 2.45) is 5.41 Å². The maximum absolute atomic E-state index is 12.5. The molecule has 1 aromatic carbocycles. The molecule has 1 aromatic rings. The topological polar surface area (TPSA) is 35.5 Å². The van der Waals surface area contributed by atoms with Crippen molar-refractivity contribution in [3.05, 3.63) is 35.9 Å². The highest BCUT2D eigenvalue weighted by Crippen LogP contribution is 2.33. The first-order chi connectivity index (χ1) is 10.4. The number of hydrogen-bond acceptors (Lipinski definition) is 3. The van der Waals surface area contributed by atoms with E-state index < -0.39 is 11.0 Å². The van der Waals surface area contributed by atoms with E-state index in [1.165, 1.54) is 0 Å². The van der Waals surface area contributed by atoms with Gasteiger partial charge in [0.05, 0.1) is 5.41 Å². The molecule has 0 saturated heterocycles. The van der Waals surface area contributed by atoms with E-state index in [0.29, 0.717) is 0 Å². The largest absolute Gasteiger partial charge is 0.348 e. The van der Waals surface area contributed by atoms with E-state index >= 15 is 0 Å². The van der Waals surface area contributed by atoms with Crippen molar-refractivity contribution in [3.63, 3.8) is 0 Å². The first-order valence-electron chi connectivity index (χ1n) is 8.31. The average molecular weight is 306 g/mol. The minimum Gasteiger partial charge on any atom is -0.297 e. The minimum atomic E-state index is -0.658. The van der Waals surface area contributed by atoms with Gasteiger partial charge in [-0.1, -0.05) is 63.4 Å². The molecule has 0 fully saturated rings. The lowest BCUT2D eigenvalue weighted by molar-refractivity contribution is -0.335. The van der Waals surface area contributed by atoms with Gasteiger partial charge in [0.15, 0.2) is 0 Å². The third kappa shape index (κ3) is 5.13. The van der Waals surface area contributed by atoms with Crippen LogP contribution in [0.4, 0.5) is 0 Å². The zero-order valence-electron chi connectivity index (χ0n) is 14.6. The van der Waals surface area contributed by atoms with Crippen molar-refractivity contribution in [2.75, 3.05) is 0 Å². The monoisotopic (exact) mass is 306 g/mol. The van der Waals surface area contributed by atoms with Crippen LogP contribution in [0.5, 0.6) is 0 Å². The Hall–Kier alpha value is -1.35. The van der Waals surface area contributed by atoms with E-state index in [4.69, 9.17) is 9.78 Å². The molecule has 0 amide bonds. The number of carbonyl (C=O) groups is 1. The maximum Gasteiger partial charge on any atom is 0.348 e. The molecule has 0 spiro atoms. The number of carbonyl (C=O) groups excluding carboxylic acids is 1. The molecule has 0 heterocycles. The number of benzene rings is 1. The summed E-state index contributed by atoms with van der Waals surface area (Å²) in [5, 5.41) is 0. The van der Waals surface area contributed by atoms with Crippen LogP contribution in [0.2, 0.25) is 0 Å². The Kier molecular flexibility index (Phi) is 7.08. The summed E-state index contributed by atoms with van der Waals surface area (Å²) < 4.78 is 0. The molecule has 22 heavy (non-hydrogen) atoms. The van der Waals surface area contributed by atoms with Gasteiger partial charge >= 0.3 is 5.97 Å². The third-order valence-electron chi connectivity index (χ3n) is 4.17. The second-order valence-electron chi connectivity index (χ2n) is 6.74. The lowest BCUT2D eigenvalue weighted by atomic mass is 9.81. The van der Waals surface area contributed by atoms with E-state index in [0.717, 1.165) is 37.7 Å². The van der Waals surface area contributed by atoms with Crippen LogP contribution in [-0.2, 0) is 20.2 Å². The summed E-state index contributed by atoms with van der Waals surface area (Å²) in [7, 11) is 0. The summed E-state index contributed by atoms with van der Waals surface area (Å²) in [5.74, 6) is -0.258. The zero-order valence-corrected chi connectivity index (χ0v) is 14.6. The van der Waals surface area contributed by atoms with Gasteiger partial charge in [-0.25, -0.2) is 4.79 Å². The van der Waals surface area contributed by atoms with Crippen LogP contribution in [0.1, 0.15) is 72.3 Å². The second kappa shape index (κ2) is 8.33. The van der Waals surface area contributed by atoms with Crippen molar-refractivity contribution >= 4 is 5.97 Å². The maximum atomic E-state index is 12.5.